The lowest BCUT2D eigenvalue weighted by atomic mass is 10.2. The summed E-state index contributed by atoms with van der Waals surface area (Å²) in [6.45, 7) is 1.82. The number of hydrogen-bond acceptors (Lipinski definition) is 4. The van der Waals surface area contributed by atoms with Crippen LogP contribution in [0.15, 0.2) is 48.8 Å². The van der Waals surface area contributed by atoms with Crippen LogP contribution in [0, 0.1) is 0 Å². The first-order valence-electron chi connectivity index (χ1n) is 6.88. The summed E-state index contributed by atoms with van der Waals surface area (Å²) in [6.07, 6.45) is 3.36. The number of carbonyl (C=O) groups is 2. The van der Waals surface area contributed by atoms with Crippen LogP contribution in [0.2, 0.25) is 0 Å². The maximum absolute atomic E-state index is 12.2. The highest BCUT2D eigenvalue weighted by Crippen LogP contribution is 2.18. The van der Waals surface area contributed by atoms with Crippen LogP contribution in [0.3, 0.4) is 0 Å². The van der Waals surface area contributed by atoms with Gasteiger partial charge in [-0.1, -0.05) is 0 Å². The number of carbonyl (C=O) groups excluding carboxylic acids is 2. The lowest BCUT2D eigenvalue weighted by Crippen LogP contribution is -2.11. The van der Waals surface area contributed by atoms with Gasteiger partial charge in [-0.05, 0) is 51.6 Å². The van der Waals surface area contributed by atoms with Crippen molar-refractivity contribution >= 4 is 31.3 Å². The van der Waals surface area contributed by atoms with Crippen molar-refractivity contribution in [3.05, 3.63) is 60.0 Å². The smallest absolute Gasteiger partial charge is 0.255 e. The second-order valence-electron chi connectivity index (χ2n) is 4.89. The molecule has 2 aromatic heterocycles. The van der Waals surface area contributed by atoms with E-state index in [4.69, 9.17) is 0 Å². The van der Waals surface area contributed by atoms with E-state index in [-0.39, 0.29) is 25.8 Å². The maximum atomic E-state index is 12.2. The van der Waals surface area contributed by atoms with Gasteiger partial charge in [0, 0.05) is 18.0 Å². The predicted molar refractivity (Wildman–Crippen MR) is 89.8 cm³/mol. The summed E-state index contributed by atoms with van der Waals surface area (Å²) in [6, 6.07) is 9.46. The third-order valence-corrected chi connectivity index (χ3v) is 4.01. The molecule has 1 amide bonds. The van der Waals surface area contributed by atoms with E-state index >= 15 is 0 Å². The van der Waals surface area contributed by atoms with Crippen molar-refractivity contribution in [2.75, 3.05) is 12.0 Å². The van der Waals surface area contributed by atoms with Gasteiger partial charge in [-0.3, -0.25) is 9.59 Å². The highest BCUT2D eigenvalue weighted by Gasteiger charge is 2.10. The lowest BCUT2D eigenvalue weighted by Gasteiger charge is -2.06. The number of nitrogens with one attached hydrogen (secondary N) is 1. The summed E-state index contributed by atoms with van der Waals surface area (Å²) >= 11 is 0. The lowest BCUT2D eigenvalue weighted by molar-refractivity contribution is 0.102. The van der Waals surface area contributed by atoms with Gasteiger partial charge < -0.3 is 14.8 Å². The van der Waals surface area contributed by atoms with Crippen LogP contribution in [0.1, 0.15) is 20.8 Å². The summed E-state index contributed by atoms with van der Waals surface area (Å²) < 4.78 is 1.71. The van der Waals surface area contributed by atoms with Crippen LogP contribution in [0.25, 0.3) is 5.65 Å². The molecule has 3 rings (SSSR count). The number of fused-ring (bicyclic) bond motifs is 1. The van der Waals surface area contributed by atoms with E-state index in [0.29, 0.717) is 22.6 Å². The Kier molecular flexibility index (Phi) is 4.08. The molecule has 1 atom stereocenters. The van der Waals surface area contributed by atoms with Gasteiger partial charge in [-0.25, -0.2) is 4.98 Å². The molecular formula is C16H14N3O3P. The number of rotatable bonds is 4. The van der Waals surface area contributed by atoms with Crippen LogP contribution in [0.5, 0.6) is 5.75 Å². The molecule has 0 saturated carbocycles. The third kappa shape index (κ3) is 3.22. The van der Waals surface area contributed by atoms with E-state index < -0.39 is 0 Å². The van der Waals surface area contributed by atoms with Crippen molar-refractivity contribution in [3.63, 3.8) is 0 Å². The summed E-state index contributed by atoms with van der Waals surface area (Å²) in [5.41, 5.74) is 2.10. The number of anilines is 1. The van der Waals surface area contributed by atoms with Crippen molar-refractivity contribution in [2.24, 2.45) is 0 Å². The second kappa shape index (κ2) is 6.18. The zero-order valence-corrected chi connectivity index (χ0v) is 13.3. The molecule has 0 saturated heterocycles. The summed E-state index contributed by atoms with van der Waals surface area (Å²) in [5.74, 6) is -0.175. The number of phenols is 1. The van der Waals surface area contributed by atoms with Crippen LogP contribution < -0.4 is 5.32 Å². The first-order chi connectivity index (χ1) is 11.1. The fourth-order valence-electron chi connectivity index (χ4n) is 2.12. The first-order valence-corrected chi connectivity index (χ1v) is 8.38. The van der Waals surface area contributed by atoms with E-state index in [1.807, 2.05) is 6.66 Å². The number of pyridine rings is 1. The van der Waals surface area contributed by atoms with Crippen molar-refractivity contribution in [1.82, 2.24) is 9.38 Å². The minimum Gasteiger partial charge on any atom is -0.508 e. The monoisotopic (exact) mass is 327 g/mol. The number of amides is 1. The number of nitrogens with zero attached hydrogens (tertiary/aromatic N) is 2. The van der Waals surface area contributed by atoms with Crippen molar-refractivity contribution in [2.45, 2.75) is 0 Å². The van der Waals surface area contributed by atoms with Gasteiger partial charge in [0.05, 0.1) is 5.69 Å². The van der Waals surface area contributed by atoms with Gasteiger partial charge in [0.2, 0.25) is 5.52 Å². The molecule has 2 N–H and O–H groups in total. The Balaban J connectivity index is 1.84. The highest BCUT2D eigenvalue weighted by atomic mass is 31.1. The van der Waals surface area contributed by atoms with Gasteiger partial charge in [-0.2, -0.15) is 0 Å². The van der Waals surface area contributed by atoms with Crippen LogP contribution >= 0.6 is 8.58 Å². The fourth-order valence-corrected chi connectivity index (χ4v) is 2.50. The van der Waals surface area contributed by atoms with Gasteiger partial charge in [0.15, 0.2) is 0 Å². The molecule has 1 unspecified atom stereocenters. The minimum atomic E-state index is -0.282. The quantitative estimate of drug-likeness (QED) is 0.722. The van der Waals surface area contributed by atoms with Crippen LogP contribution in [-0.4, -0.2) is 32.6 Å². The molecule has 1 aromatic carbocycles. The van der Waals surface area contributed by atoms with Gasteiger partial charge in [-0.15, -0.1) is 0 Å². The Morgan fingerprint density at radius 1 is 1.13 bits per heavy atom. The minimum absolute atomic E-state index is 0.00313. The zero-order valence-electron chi connectivity index (χ0n) is 12.3. The van der Waals surface area contributed by atoms with E-state index in [2.05, 4.69) is 10.3 Å². The molecular weight excluding hydrogens is 313 g/mol. The molecule has 6 nitrogen and oxygen atoms in total. The average molecular weight is 327 g/mol. The van der Waals surface area contributed by atoms with Crippen molar-refractivity contribution in [1.29, 1.82) is 0 Å². The normalized spacial score (nSPS) is 11.2. The molecule has 3 aromatic rings. The average Bonchev–Trinajstić information content (AvgIpc) is 2.98. The first kappa shape index (κ1) is 15.2. The van der Waals surface area contributed by atoms with Crippen molar-refractivity contribution in [3.8, 4) is 5.75 Å². The molecule has 0 bridgehead atoms. The molecule has 0 fully saturated rings. The van der Waals surface area contributed by atoms with Crippen molar-refractivity contribution < 1.29 is 14.7 Å². The van der Waals surface area contributed by atoms with Gasteiger partial charge in [0.1, 0.15) is 17.1 Å². The Morgan fingerprint density at radius 3 is 2.57 bits per heavy atom. The molecule has 23 heavy (non-hydrogen) atoms. The van der Waals surface area contributed by atoms with Gasteiger partial charge in [0.25, 0.3) is 5.91 Å². The molecule has 0 aliphatic heterocycles. The molecule has 7 heteroatoms. The zero-order chi connectivity index (χ0) is 16.4. The number of aromatic nitrogens is 2. The maximum Gasteiger partial charge on any atom is 0.255 e. The highest BCUT2D eigenvalue weighted by molar-refractivity contribution is 7.58. The molecule has 116 valence electrons. The predicted octanol–water partition coefficient (Wildman–Crippen LogP) is 2.74. The summed E-state index contributed by atoms with van der Waals surface area (Å²) in [7, 11) is 0.162. The molecule has 0 radical (unpaired) electrons. The third-order valence-electron chi connectivity index (χ3n) is 3.30. The number of imidazole rings is 1. The fraction of sp³-hybridized carbons (Fsp3) is 0.0625. The number of benzene rings is 1. The Hall–Kier alpha value is -2.72. The Labute approximate surface area is 134 Å². The molecule has 0 aliphatic rings. The number of aromatic hydroxyl groups is 1. The summed E-state index contributed by atoms with van der Waals surface area (Å²) in [5, 5.41) is 12.0. The number of phenolic OH excluding ortho intramolecular Hbond substituents is 1. The van der Waals surface area contributed by atoms with Crippen LogP contribution in [-0.2, 0) is 0 Å². The second-order valence-corrected chi connectivity index (χ2v) is 5.84. The van der Waals surface area contributed by atoms with E-state index in [1.165, 1.54) is 12.1 Å². The molecule has 0 spiro atoms. The summed E-state index contributed by atoms with van der Waals surface area (Å²) in [4.78, 5) is 28.1. The van der Waals surface area contributed by atoms with Crippen LogP contribution in [0.4, 0.5) is 5.69 Å². The Bertz CT molecular complexity index is 887. The standard InChI is InChI=1S/C16H14N3O3P/c1-23-16(22)13-9-19-8-11(4-7-14(19)18-13)17-15(21)10-2-5-12(20)6-3-10/h2-9,20,23H,1H3,(H,17,21). The Morgan fingerprint density at radius 2 is 1.87 bits per heavy atom. The topological polar surface area (TPSA) is 83.7 Å². The van der Waals surface area contributed by atoms with Gasteiger partial charge >= 0.3 is 0 Å². The largest absolute Gasteiger partial charge is 0.508 e. The SMILES string of the molecule is CPC(=O)c1cn2cc(NC(=O)c3ccc(O)cc3)ccc2n1. The molecule has 2 heterocycles. The van der Waals surface area contributed by atoms with E-state index in [9.17, 15) is 14.7 Å². The molecule has 0 aliphatic carbocycles. The van der Waals surface area contributed by atoms with E-state index in [1.54, 1.807) is 41.1 Å². The number of hydrogen-bond donors (Lipinski definition) is 2. The van der Waals surface area contributed by atoms with E-state index in [0.717, 1.165) is 0 Å².